The Kier molecular flexibility index (Phi) is 4.06. The summed E-state index contributed by atoms with van der Waals surface area (Å²) in [5.41, 5.74) is 18.8. The van der Waals surface area contributed by atoms with Crippen LogP contribution in [0.25, 0.3) is 11.3 Å². The normalized spacial score (nSPS) is 17.9. The number of rotatable bonds is 2. The van der Waals surface area contributed by atoms with Gasteiger partial charge in [0.25, 0.3) is 0 Å². The SMILES string of the molecule is CC1(C)OB(c2ccc(N)c(-c3nc(N)nc(N)c3C#N)c2)OC1(C)C. The van der Waals surface area contributed by atoms with E-state index < -0.39 is 18.3 Å². The maximum atomic E-state index is 9.42. The van der Waals surface area contributed by atoms with Gasteiger partial charge in [-0.1, -0.05) is 12.1 Å². The Morgan fingerprint density at radius 1 is 1.04 bits per heavy atom. The van der Waals surface area contributed by atoms with Crippen molar-refractivity contribution in [3.05, 3.63) is 23.8 Å². The number of nitrogen functional groups attached to an aromatic ring is 3. The minimum Gasteiger partial charge on any atom is -0.399 e. The first-order valence-electron chi connectivity index (χ1n) is 8.14. The Morgan fingerprint density at radius 3 is 2.23 bits per heavy atom. The third-order valence-electron chi connectivity index (χ3n) is 4.92. The van der Waals surface area contributed by atoms with Crippen molar-refractivity contribution in [1.29, 1.82) is 5.26 Å². The van der Waals surface area contributed by atoms with E-state index in [0.717, 1.165) is 5.46 Å². The average Bonchev–Trinajstić information content (AvgIpc) is 2.75. The van der Waals surface area contributed by atoms with Crippen LogP contribution in [-0.4, -0.2) is 28.3 Å². The van der Waals surface area contributed by atoms with Crippen molar-refractivity contribution < 1.29 is 9.31 Å². The van der Waals surface area contributed by atoms with Crippen LogP contribution in [0.4, 0.5) is 17.5 Å². The van der Waals surface area contributed by atoms with Gasteiger partial charge >= 0.3 is 7.12 Å². The predicted molar refractivity (Wildman–Crippen MR) is 101 cm³/mol. The highest BCUT2D eigenvalue weighted by molar-refractivity contribution is 6.62. The van der Waals surface area contributed by atoms with Gasteiger partial charge in [0.2, 0.25) is 5.95 Å². The van der Waals surface area contributed by atoms with E-state index in [4.69, 9.17) is 26.5 Å². The molecule has 1 fully saturated rings. The topological polar surface area (TPSA) is 146 Å². The molecule has 8 nitrogen and oxygen atoms in total. The van der Waals surface area contributed by atoms with Crippen LogP contribution in [0.15, 0.2) is 18.2 Å². The van der Waals surface area contributed by atoms with Gasteiger partial charge in [0, 0.05) is 11.3 Å². The van der Waals surface area contributed by atoms with E-state index in [1.54, 1.807) is 12.1 Å². The summed E-state index contributed by atoms with van der Waals surface area (Å²) in [7, 11) is -0.568. The summed E-state index contributed by atoms with van der Waals surface area (Å²) in [6, 6.07) is 7.32. The van der Waals surface area contributed by atoms with E-state index in [9.17, 15) is 5.26 Å². The van der Waals surface area contributed by atoms with Gasteiger partial charge in [-0.2, -0.15) is 10.2 Å². The van der Waals surface area contributed by atoms with Gasteiger partial charge in [-0.15, -0.1) is 0 Å². The minimum atomic E-state index is -0.568. The number of aromatic nitrogens is 2. The highest BCUT2D eigenvalue weighted by atomic mass is 16.7. The number of nitrogens with zero attached hydrogens (tertiary/aromatic N) is 3. The van der Waals surface area contributed by atoms with Crippen molar-refractivity contribution in [2.75, 3.05) is 17.2 Å². The highest BCUT2D eigenvalue weighted by Crippen LogP contribution is 2.37. The van der Waals surface area contributed by atoms with Crippen LogP contribution >= 0.6 is 0 Å². The van der Waals surface area contributed by atoms with E-state index in [-0.39, 0.29) is 23.0 Å². The van der Waals surface area contributed by atoms with Gasteiger partial charge in [0.1, 0.15) is 17.5 Å². The first-order valence-corrected chi connectivity index (χ1v) is 8.14. The summed E-state index contributed by atoms with van der Waals surface area (Å²) >= 11 is 0. The molecule has 3 rings (SSSR count). The van der Waals surface area contributed by atoms with Crippen molar-refractivity contribution >= 4 is 30.0 Å². The van der Waals surface area contributed by atoms with Crippen molar-refractivity contribution in [3.63, 3.8) is 0 Å². The standard InChI is InChI=1S/C17H21BN6O2/c1-16(2)17(3,4)26-18(25-16)9-5-6-12(20)10(7-9)13-11(8-19)14(21)24-15(22)23-13/h5-7H,20H2,1-4H3,(H4,21,22,23,24). The van der Waals surface area contributed by atoms with Crippen LogP contribution < -0.4 is 22.7 Å². The molecule has 1 saturated heterocycles. The molecule has 0 radical (unpaired) electrons. The van der Waals surface area contributed by atoms with Crippen LogP contribution in [-0.2, 0) is 9.31 Å². The molecule has 0 aliphatic carbocycles. The third kappa shape index (κ3) is 2.83. The zero-order chi connectivity index (χ0) is 19.3. The number of anilines is 3. The van der Waals surface area contributed by atoms with Gasteiger partial charge in [-0.25, -0.2) is 4.98 Å². The number of benzene rings is 1. The molecule has 0 atom stereocenters. The molecular weight excluding hydrogens is 331 g/mol. The van der Waals surface area contributed by atoms with E-state index in [1.807, 2.05) is 39.8 Å². The Bertz CT molecular complexity index is 906. The second-order valence-corrected chi connectivity index (χ2v) is 7.24. The lowest BCUT2D eigenvalue weighted by Crippen LogP contribution is -2.41. The van der Waals surface area contributed by atoms with E-state index in [1.165, 1.54) is 0 Å². The Balaban J connectivity index is 2.11. The van der Waals surface area contributed by atoms with Crippen LogP contribution in [0.1, 0.15) is 33.3 Å². The van der Waals surface area contributed by atoms with Crippen molar-refractivity contribution in [1.82, 2.24) is 9.97 Å². The monoisotopic (exact) mass is 352 g/mol. The first-order chi connectivity index (χ1) is 12.1. The fraction of sp³-hybridized carbons (Fsp3) is 0.353. The Hall–Kier alpha value is -2.83. The summed E-state index contributed by atoms with van der Waals surface area (Å²) in [5.74, 6) is -0.0210. The first kappa shape index (κ1) is 18.0. The number of nitrogens with two attached hydrogens (primary N) is 3. The Morgan fingerprint density at radius 2 is 1.65 bits per heavy atom. The van der Waals surface area contributed by atoms with E-state index in [0.29, 0.717) is 11.3 Å². The molecule has 2 aromatic rings. The van der Waals surface area contributed by atoms with Gasteiger partial charge in [-0.3, -0.25) is 0 Å². The zero-order valence-electron chi connectivity index (χ0n) is 15.2. The summed E-state index contributed by atoms with van der Waals surface area (Å²) in [6.45, 7) is 7.91. The quantitative estimate of drug-likeness (QED) is 0.537. The molecule has 2 heterocycles. The zero-order valence-corrected chi connectivity index (χ0v) is 15.2. The van der Waals surface area contributed by atoms with Gasteiger partial charge in [0.05, 0.1) is 16.9 Å². The van der Waals surface area contributed by atoms with Gasteiger partial charge in [0.15, 0.2) is 0 Å². The van der Waals surface area contributed by atoms with Gasteiger partial charge < -0.3 is 26.5 Å². The fourth-order valence-corrected chi connectivity index (χ4v) is 2.71. The number of nitriles is 1. The third-order valence-corrected chi connectivity index (χ3v) is 4.92. The van der Waals surface area contributed by atoms with Crippen molar-refractivity contribution in [2.24, 2.45) is 0 Å². The molecule has 6 N–H and O–H groups in total. The molecule has 0 bridgehead atoms. The lowest BCUT2D eigenvalue weighted by molar-refractivity contribution is 0.00578. The molecule has 26 heavy (non-hydrogen) atoms. The molecule has 9 heteroatoms. The second-order valence-electron chi connectivity index (χ2n) is 7.24. The minimum absolute atomic E-state index is 0.00966. The molecule has 0 amide bonds. The molecule has 1 aromatic carbocycles. The Labute approximate surface area is 152 Å². The smallest absolute Gasteiger partial charge is 0.399 e. The predicted octanol–water partition coefficient (Wildman–Crippen LogP) is 1.06. The van der Waals surface area contributed by atoms with Crippen LogP contribution in [0.5, 0.6) is 0 Å². The molecule has 1 aliphatic rings. The molecular formula is C17H21BN6O2. The highest BCUT2D eigenvalue weighted by Gasteiger charge is 2.51. The molecule has 134 valence electrons. The van der Waals surface area contributed by atoms with E-state index >= 15 is 0 Å². The van der Waals surface area contributed by atoms with Crippen molar-refractivity contribution in [2.45, 2.75) is 38.9 Å². The lowest BCUT2D eigenvalue weighted by Gasteiger charge is -2.32. The summed E-state index contributed by atoms with van der Waals surface area (Å²) < 4.78 is 12.1. The van der Waals surface area contributed by atoms with E-state index in [2.05, 4.69) is 9.97 Å². The average molecular weight is 352 g/mol. The maximum Gasteiger partial charge on any atom is 0.494 e. The number of hydrogen-bond acceptors (Lipinski definition) is 8. The molecule has 0 spiro atoms. The summed E-state index contributed by atoms with van der Waals surface area (Å²) in [6.07, 6.45) is 0. The van der Waals surface area contributed by atoms with Gasteiger partial charge in [-0.05, 0) is 39.2 Å². The second kappa shape index (κ2) is 5.86. The molecule has 0 unspecified atom stereocenters. The summed E-state index contributed by atoms with van der Waals surface area (Å²) in [5, 5.41) is 9.42. The number of hydrogen-bond donors (Lipinski definition) is 3. The van der Waals surface area contributed by atoms with Crippen LogP contribution in [0.3, 0.4) is 0 Å². The molecule has 1 aromatic heterocycles. The maximum absolute atomic E-state index is 9.42. The molecule has 0 saturated carbocycles. The molecule has 1 aliphatic heterocycles. The van der Waals surface area contributed by atoms with Crippen LogP contribution in [0.2, 0.25) is 0 Å². The summed E-state index contributed by atoms with van der Waals surface area (Å²) in [4.78, 5) is 7.99. The van der Waals surface area contributed by atoms with Crippen LogP contribution in [0, 0.1) is 11.3 Å². The van der Waals surface area contributed by atoms with Crippen molar-refractivity contribution in [3.8, 4) is 17.3 Å². The fourth-order valence-electron chi connectivity index (χ4n) is 2.71. The largest absolute Gasteiger partial charge is 0.494 e. The lowest BCUT2D eigenvalue weighted by atomic mass is 9.77.